The molecule has 208 valence electrons. The van der Waals surface area contributed by atoms with E-state index in [1.165, 1.54) is 16.2 Å². The first-order valence-corrected chi connectivity index (χ1v) is 14.5. The highest BCUT2D eigenvalue weighted by Crippen LogP contribution is 2.38. The number of aryl methyl sites for hydroxylation is 1. The van der Waals surface area contributed by atoms with Crippen LogP contribution in [0.5, 0.6) is 0 Å². The van der Waals surface area contributed by atoms with Crippen LogP contribution in [-0.2, 0) is 11.2 Å². The molecule has 0 aliphatic carbocycles. The Morgan fingerprint density at radius 3 is 1.94 bits per heavy atom. The number of nitrogens with zero attached hydrogens (tertiary/aromatic N) is 1. The Labute approximate surface area is 220 Å². The third-order valence-electron chi connectivity index (χ3n) is 5.55. The highest BCUT2D eigenvalue weighted by Gasteiger charge is 2.46. The van der Waals surface area contributed by atoms with Crippen molar-refractivity contribution < 1.29 is 14.7 Å². The lowest BCUT2D eigenvalue weighted by atomic mass is 9.80. The van der Waals surface area contributed by atoms with Gasteiger partial charge in [0.2, 0.25) is 0 Å². The number of ether oxygens (including phenoxy) is 1. The average molecular weight is 516 g/mol. The summed E-state index contributed by atoms with van der Waals surface area (Å²) in [6.07, 6.45) is 1.40. The number of nitrogens with one attached hydrogen (secondary N) is 2. The molecule has 2 unspecified atom stereocenters. The van der Waals surface area contributed by atoms with Gasteiger partial charge in [0.15, 0.2) is 0 Å². The van der Waals surface area contributed by atoms with E-state index in [4.69, 9.17) is 4.74 Å². The third-order valence-corrected chi connectivity index (χ3v) is 5.55. The largest absolute Gasteiger partial charge is 0.446 e. The van der Waals surface area contributed by atoms with E-state index in [2.05, 4.69) is 39.8 Å². The Morgan fingerprint density at radius 1 is 1.09 bits per heavy atom. The van der Waals surface area contributed by atoms with E-state index in [0.29, 0.717) is 12.8 Å². The van der Waals surface area contributed by atoms with Gasteiger partial charge in [0.05, 0.1) is 0 Å². The molecule has 0 bridgehead atoms. The maximum atomic E-state index is 12.5. The molecule has 35 heavy (non-hydrogen) atoms. The van der Waals surface area contributed by atoms with Gasteiger partial charge in [-0.2, -0.15) is 5.06 Å². The lowest BCUT2D eigenvalue weighted by Crippen LogP contribution is -2.60. The second kappa shape index (κ2) is 19.9. The molecule has 0 aromatic heterocycles. The predicted molar refractivity (Wildman–Crippen MR) is 158 cm³/mol. The van der Waals surface area contributed by atoms with Crippen molar-refractivity contribution in [3.05, 3.63) is 29.3 Å². The van der Waals surface area contributed by atoms with Crippen molar-refractivity contribution in [1.82, 2.24) is 10.4 Å². The van der Waals surface area contributed by atoms with Crippen molar-refractivity contribution in [2.45, 2.75) is 126 Å². The topological polar surface area (TPSA) is 73.8 Å². The van der Waals surface area contributed by atoms with Crippen molar-refractivity contribution >= 4 is 21.0 Å². The van der Waals surface area contributed by atoms with Gasteiger partial charge in [0.25, 0.3) is 0 Å². The smallest absolute Gasteiger partial charge is 0.411 e. The molecule has 1 amide bonds. The summed E-state index contributed by atoms with van der Waals surface area (Å²) >= 11 is 0. The molecule has 2 rings (SSSR count). The minimum absolute atomic E-state index is 0.202. The van der Waals surface area contributed by atoms with E-state index >= 15 is 0 Å². The first-order valence-electron chi connectivity index (χ1n) is 13.3. The number of anilines is 1. The van der Waals surface area contributed by atoms with Crippen LogP contribution in [0.2, 0.25) is 0 Å². The quantitative estimate of drug-likeness (QED) is 0.346. The molecule has 1 aliphatic heterocycles. The molecule has 3 N–H and O–H groups in total. The Morgan fingerprint density at radius 2 is 1.54 bits per heavy atom. The number of hydrogen-bond donors (Lipinski definition) is 3. The van der Waals surface area contributed by atoms with E-state index in [0.717, 1.165) is 12.1 Å². The fourth-order valence-electron chi connectivity index (χ4n) is 4.11. The van der Waals surface area contributed by atoms with Gasteiger partial charge in [-0.15, -0.1) is 9.24 Å². The lowest BCUT2D eigenvalue weighted by molar-refractivity contribution is -0.256. The van der Waals surface area contributed by atoms with Crippen LogP contribution >= 0.6 is 9.24 Å². The van der Waals surface area contributed by atoms with Gasteiger partial charge in [-0.1, -0.05) is 61.2 Å². The molecule has 1 fully saturated rings. The summed E-state index contributed by atoms with van der Waals surface area (Å²) in [6.45, 7) is 26.0. The van der Waals surface area contributed by atoms with Crippen LogP contribution in [0.15, 0.2) is 18.2 Å². The predicted octanol–water partition coefficient (Wildman–Crippen LogP) is 8.06. The zero-order valence-corrected chi connectivity index (χ0v) is 26.5. The summed E-state index contributed by atoms with van der Waals surface area (Å²) < 4.78 is 5.69. The van der Waals surface area contributed by atoms with Crippen LogP contribution in [0.25, 0.3) is 0 Å². The maximum absolute atomic E-state index is 12.5. The number of amides is 1. The second-order valence-electron chi connectivity index (χ2n) is 8.77. The Balaban J connectivity index is -0.00000116. The first-order chi connectivity index (χ1) is 16.5. The molecule has 1 aromatic rings. The van der Waals surface area contributed by atoms with Gasteiger partial charge in [0, 0.05) is 35.6 Å². The van der Waals surface area contributed by atoms with E-state index in [1.54, 1.807) is 0 Å². The van der Waals surface area contributed by atoms with Crippen molar-refractivity contribution in [2.24, 2.45) is 0 Å². The molecule has 0 radical (unpaired) electrons. The number of benzene rings is 1. The van der Waals surface area contributed by atoms with Crippen molar-refractivity contribution in [1.29, 1.82) is 0 Å². The summed E-state index contributed by atoms with van der Waals surface area (Å²) in [5.41, 5.74) is 2.26. The zero-order valence-electron chi connectivity index (χ0n) is 25.3. The van der Waals surface area contributed by atoms with E-state index in [-0.39, 0.29) is 12.1 Å². The molecular formula is C28H58N3O3P. The lowest BCUT2D eigenvalue weighted by Gasteiger charge is -2.50. The molecule has 0 saturated carbocycles. The first kappa shape index (κ1) is 38.3. The SMILES string of the molecule is CC.CC.CC.CCc1ccc(NC(=O)OC2CC(C)(C)N(O)C(C)(C)C2)cc1C(C)NC.CP. The van der Waals surface area contributed by atoms with Gasteiger partial charge >= 0.3 is 6.09 Å². The second-order valence-corrected chi connectivity index (χ2v) is 8.77. The number of carbonyl (C=O) groups excluding carboxylic acids is 1. The normalized spacial score (nSPS) is 16.8. The Bertz CT molecular complexity index is 663. The van der Waals surface area contributed by atoms with Crippen LogP contribution in [0.4, 0.5) is 10.5 Å². The molecule has 0 spiro atoms. The standard InChI is InChI=1S/C21H35N3O3.3C2H6.CH5P/c1-8-15-9-10-16(11-18(15)14(2)22-7)23-19(25)27-17-12-20(3,4)24(26)21(5,6)13-17;4*1-2/h9-11,14,17,22,26H,8,12-13H2,1-7H3,(H,23,25);3*1-2H3;2H2,1H3. The fraction of sp³-hybridized carbons (Fsp3) is 0.750. The van der Waals surface area contributed by atoms with Crippen LogP contribution in [-0.4, -0.2) is 47.3 Å². The third kappa shape index (κ3) is 12.5. The number of hydroxylamine groups is 2. The summed E-state index contributed by atoms with van der Waals surface area (Å²) in [5.74, 6) is 0. The highest BCUT2D eigenvalue weighted by atomic mass is 31.0. The van der Waals surface area contributed by atoms with Crippen molar-refractivity contribution in [2.75, 3.05) is 19.0 Å². The van der Waals surface area contributed by atoms with E-state index < -0.39 is 17.2 Å². The van der Waals surface area contributed by atoms with Crippen LogP contribution in [0, 0.1) is 0 Å². The van der Waals surface area contributed by atoms with Crippen LogP contribution in [0.3, 0.4) is 0 Å². The zero-order chi connectivity index (χ0) is 28.4. The average Bonchev–Trinajstić information content (AvgIpc) is 2.86. The molecule has 1 aromatic carbocycles. The van der Waals surface area contributed by atoms with Gasteiger partial charge in [-0.05, 0) is 71.3 Å². The molecule has 1 aliphatic rings. The maximum Gasteiger partial charge on any atom is 0.411 e. The van der Waals surface area contributed by atoms with Crippen molar-refractivity contribution in [3.8, 4) is 0 Å². The summed E-state index contributed by atoms with van der Waals surface area (Å²) in [6, 6.07) is 6.17. The summed E-state index contributed by atoms with van der Waals surface area (Å²) in [7, 11) is 4.34. The molecule has 1 saturated heterocycles. The fourth-order valence-corrected chi connectivity index (χ4v) is 4.11. The monoisotopic (exact) mass is 515 g/mol. The van der Waals surface area contributed by atoms with Gasteiger partial charge < -0.3 is 15.3 Å². The summed E-state index contributed by atoms with van der Waals surface area (Å²) in [4.78, 5) is 12.5. The van der Waals surface area contributed by atoms with Gasteiger partial charge in [-0.25, -0.2) is 4.79 Å². The highest BCUT2D eigenvalue weighted by molar-refractivity contribution is 7.15. The van der Waals surface area contributed by atoms with Gasteiger partial charge in [0.1, 0.15) is 6.10 Å². The summed E-state index contributed by atoms with van der Waals surface area (Å²) in [5, 5.41) is 17.9. The van der Waals surface area contributed by atoms with E-state index in [9.17, 15) is 10.0 Å². The molecule has 6 nitrogen and oxygen atoms in total. The number of carbonyl (C=O) groups is 1. The Kier molecular flexibility index (Phi) is 21.8. The number of hydrogen-bond acceptors (Lipinski definition) is 5. The van der Waals surface area contributed by atoms with Crippen molar-refractivity contribution in [3.63, 3.8) is 0 Å². The molecule has 1 heterocycles. The van der Waals surface area contributed by atoms with Gasteiger partial charge in [-0.3, -0.25) is 5.32 Å². The van der Waals surface area contributed by atoms with E-state index in [1.807, 2.05) is 95.1 Å². The number of piperidine rings is 1. The minimum atomic E-state index is -0.454. The molecule has 2 atom stereocenters. The minimum Gasteiger partial charge on any atom is -0.446 e. The molecule has 7 heteroatoms. The number of rotatable bonds is 5. The Hall–Kier alpha value is -1.20. The van der Waals surface area contributed by atoms with Crippen LogP contribution < -0.4 is 10.6 Å². The van der Waals surface area contributed by atoms with Crippen LogP contribution in [0.1, 0.15) is 113 Å². The molecular weight excluding hydrogens is 457 g/mol.